The zero-order chi connectivity index (χ0) is 22.3. The lowest BCUT2D eigenvalue weighted by molar-refractivity contribution is -0.135. The predicted molar refractivity (Wildman–Crippen MR) is 120 cm³/mol. The molecular weight excluding hydrogens is 414 g/mol. The summed E-state index contributed by atoms with van der Waals surface area (Å²) in [5.41, 5.74) is 1.27. The highest BCUT2D eigenvalue weighted by molar-refractivity contribution is 7.89. The van der Waals surface area contributed by atoms with Gasteiger partial charge in [-0.25, -0.2) is 13.1 Å². The van der Waals surface area contributed by atoms with E-state index in [9.17, 15) is 13.2 Å². The molecule has 168 valence electrons. The maximum Gasteiger partial charge on any atom is 0.260 e. The van der Waals surface area contributed by atoms with Gasteiger partial charge in [0, 0.05) is 38.8 Å². The number of nitrogens with one attached hydrogen (secondary N) is 1. The molecule has 1 saturated heterocycles. The molecule has 1 heterocycles. The molecule has 31 heavy (non-hydrogen) atoms. The van der Waals surface area contributed by atoms with Crippen LogP contribution < -0.4 is 9.46 Å². The van der Waals surface area contributed by atoms with Crippen molar-refractivity contribution in [2.75, 3.05) is 32.8 Å². The summed E-state index contributed by atoms with van der Waals surface area (Å²) < 4.78 is 32.8. The molecule has 1 atom stereocenters. The molecule has 1 aliphatic rings. The van der Waals surface area contributed by atoms with Crippen molar-refractivity contribution in [3.63, 3.8) is 0 Å². The second kappa shape index (κ2) is 10.7. The van der Waals surface area contributed by atoms with Crippen molar-refractivity contribution in [1.82, 2.24) is 14.5 Å². The van der Waals surface area contributed by atoms with Gasteiger partial charge < -0.3 is 9.64 Å². The number of benzene rings is 2. The summed E-state index contributed by atoms with van der Waals surface area (Å²) in [5, 5.41) is 0. The molecule has 1 amide bonds. The normalized spacial score (nSPS) is 16.1. The van der Waals surface area contributed by atoms with Crippen molar-refractivity contribution >= 4 is 15.9 Å². The van der Waals surface area contributed by atoms with Crippen LogP contribution in [0.15, 0.2) is 59.5 Å². The van der Waals surface area contributed by atoms with Crippen molar-refractivity contribution in [1.29, 1.82) is 0 Å². The van der Waals surface area contributed by atoms with E-state index in [1.807, 2.05) is 36.9 Å². The fraction of sp³-hybridized carbons (Fsp3) is 0.435. The Hall–Kier alpha value is -2.42. The summed E-state index contributed by atoms with van der Waals surface area (Å²) in [6.07, 6.45) is 0.711. The van der Waals surface area contributed by atoms with Crippen molar-refractivity contribution < 1.29 is 17.9 Å². The van der Waals surface area contributed by atoms with Gasteiger partial charge in [-0.2, -0.15) is 0 Å². The molecule has 0 radical (unpaired) electrons. The molecule has 0 unspecified atom stereocenters. The van der Waals surface area contributed by atoms with Crippen molar-refractivity contribution in [2.45, 2.75) is 37.8 Å². The Morgan fingerprint density at radius 2 is 1.68 bits per heavy atom. The highest BCUT2D eigenvalue weighted by atomic mass is 32.2. The number of piperazine rings is 1. The van der Waals surface area contributed by atoms with Crippen LogP contribution in [0.3, 0.4) is 0 Å². The predicted octanol–water partition coefficient (Wildman–Crippen LogP) is 2.49. The molecule has 1 aliphatic heterocycles. The Kier molecular flexibility index (Phi) is 8.06. The number of carbonyl (C=O) groups excluding carboxylic acids is 1. The van der Waals surface area contributed by atoms with Gasteiger partial charge in [-0.3, -0.25) is 9.69 Å². The Morgan fingerprint density at radius 1 is 1.03 bits per heavy atom. The van der Waals surface area contributed by atoms with Crippen LogP contribution in [-0.2, 0) is 21.4 Å². The van der Waals surface area contributed by atoms with Crippen molar-refractivity contribution in [3.8, 4) is 5.75 Å². The van der Waals surface area contributed by atoms with E-state index in [2.05, 4.69) is 21.8 Å². The summed E-state index contributed by atoms with van der Waals surface area (Å²) in [5.74, 6) is 0.410. The topological polar surface area (TPSA) is 78.9 Å². The van der Waals surface area contributed by atoms with Gasteiger partial charge in [0.15, 0.2) is 6.61 Å². The smallest absolute Gasteiger partial charge is 0.260 e. The number of carbonyl (C=O) groups is 1. The molecule has 1 fully saturated rings. The van der Waals surface area contributed by atoms with Gasteiger partial charge in [0.25, 0.3) is 5.91 Å². The summed E-state index contributed by atoms with van der Waals surface area (Å²) in [6, 6.07) is 16.3. The number of nitrogens with zero attached hydrogens (tertiary/aromatic N) is 2. The third kappa shape index (κ3) is 6.78. The van der Waals surface area contributed by atoms with Crippen LogP contribution in [0, 0.1) is 0 Å². The maximum absolute atomic E-state index is 12.5. The molecule has 0 saturated carbocycles. The van der Waals surface area contributed by atoms with E-state index in [0.29, 0.717) is 25.3 Å². The summed E-state index contributed by atoms with van der Waals surface area (Å²) in [4.78, 5) is 16.8. The van der Waals surface area contributed by atoms with Crippen LogP contribution in [0.25, 0.3) is 0 Å². The molecule has 0 aromatic heterocycles. The molecule has 7 nitrogen and oxygen atoms in total. The average molecular weight is 446 g/mol. The lowest BCUT2D eigenvalue weighted by Crippen LogP contribution is -2.49. The van der Waals surface area contributed by atoms with E-state index >= 15 is 0 Å². The summed E-state index contributed by atoms with van der Waals surface area (Å²) >= 11 is 0. The lowest BCUT2D eigenvalue weighted by Gasteiger charge is -2.34. The van der Waals surface area contributed by atoms with Crippen LogP contribution in [-0.4, -0.2) is 63.0 Å². The number of amides is 1. The highest BCUT2D eigenvalue weighted by Crippen LogP contribution is 2.17. The van der Waals surface area contributed by atoms with Gasteiger partial charge in [0.05, 0.1) is 4.90 Å². The van der Waals surface area contributed by atoms with Crippen molar-refractivity contribution in [3.05, 3.63) is 60.2 Å². The molecule has 0 spiro atoms. The van der Waals surface area contributed by atoms with Crippen LogP contribution in [0.1, 0.15) is 25.8 Å². The first-order valence-corrected chi connectivity index (χ1v) is 12.1. The van der Waals surface area contributed by atoms with E-state index in [1.165, 1.54) is 17.7 Å². The van der Waals surface area contributed by atoms with Gasteiger partial charge in [-0.15, -0.1) is 0 Å². The van der Waals surface area contributed by atoms with Crippen molar-refractivity contribution in [2.24, 2.45) is 0 Å². The van der Waals surface area contributed by atoms with Crippen LogP contribution in [0.5, 0.6) is 5.75 Å². The molecule has 2 aromatic rings. The first kappa shape index (κ1) is 23.2. The minimum Gasteiger partial charge on any atom is -0.484 e. The van der Waals surface area contributed by atoms with Crippen LogP contribution >= 0.6 is 0 Å². The summed E-state index contributed by atoms with van der Waals surface area (Å²) in [7, 11) is -3.55. The van der Waals surface area contributed by atoms with E-state index in [0.717, 1.165) is 19.6 Å². The number of sulfonamides is 1. The number of rotatable bonds is 9. The second-order valence-corrected chi connectivity index (χ2v) is 9.55. The Morgan fingerprint density at radius 3 is 2.29 bits per heavy atom. The highest BCUT2D eigenvalue weighted by Gasteiger charge is 2.22. The third-order valence-corrected chi connectivity index (χ3v) is 7.04. The minimum absolute atomic E-state index is 0.0596. The first-order valence-electron chi connectivity index (χ1n) is 10.7. The molecule has 2 aromatic carbocycles. The average Bonchev–Trinajstić information content (AvgIpc) is 2.78. The lowest BCUT2D eigenvalue weighted by atomic mass is 10.2. The van der Waals surface area contributed by atoms with E-state index in [4.69, 9.17) is 4.74 Å². The molecule has 0 aliphatic carbocycles. The van der Waals surface area contributed by atoms with Gasteiger partial charge in [0.1, 0.15) is 5.75 Å². The largest absolute Gasteiger partial charge is 0.484 e. The van der Waals surface area contributed by atoms with Gasteiger partial charge in [-0.1, -0.05) is 37.3 Å². The Labute approximate surface area is 185 Å². The van der Waals surface area contributed by atoms with E-state index in [1.54, 1.807) is 12.1 Å². The SMILES string of the molecule is CC[C@@H](C)NS(=O)(=O)c1ccc(OCC(=O)N2CCN(Cc3ccccc3)CC2)cc1. The third-order valence-electron chi connectivity index (χ3n) is 5.44. The number of hydrogen-bond acceptors (Lipinski definition) is 5. The number of ether oxygens (including phenoxy) is 1. The zero-order valence-corrected chi connectivity index (χ0v) is 19.0. The van der Waals surface area contributed by atoms with E-state index in [-0.39, 0.29) is 23.5 Å². The summed E-state index contributed by atoms with van der Waals surface area (Å²) in [6.45, 7) is 7.58. The first-order chi connectivity index (χ1) is 14.9. The minimum atomic E-state index is -3.55. The van der Waals surface area contributed by atoms with Gasteiger partial charge in [-0.05, 0) is 43.2 Å². The van der Waals surface area contributed by atoms with Gasteiger partial charge >= 0.3 is 0 Å². The van der Waals surface area contributed by atoms with Gasteiger partial charge in [0.2, 0.25) is 10.0 Å². The zero-order valence-electron chi connectivity index (χ0n) is 18.2. The maximum atomic E-state index is 12.5. The molecule has 0 bridgehead atoms. The Bertz CT molecular complexity index is 941. The Balaban J connectivity index is 1.44. The molecular formula is C23H31N3O4S. The fourth-order valence-corrected chi connectivity index (χ4v) is 4.69. The molecule has 8 heteroatoms. The van der Waals surface area contributed by atoms with E-state index < -0.39 is 10.0 Å². The molecule has 1 N–H and O–H groups in total. The monoisotopic (exact) mass is 445 g/mol. The quantitative estimate of drug-likeness (QED) is 0.642. The molecule has 3 rings (SSSR count). The number of hydrogen-bond donors (Lipinski definition) is 1. The van der Waals surface area contributed by atoms with Crippen LogP contribution in [0.4, 0.5) is 0 Å². The fourth-order valence-electron chi connectivity index (χ4n) is 3.36. The standard InChI is InChI=1S/C23H31N3O4S/c1-3-19(2)24-31(28,29)22-11-9-21(10-12-22)30-18-23(27)26-15-13-25(14-16-26)17-20-7-5-4-6-8-20/h4-12,19,24H,3,13-18H2,1-2H3/t19-/m1/s1. The second-order valence-electron chi connectivity index (χ2n) is 7.83. The van der Waals surface area contributed by atoms with Crippen LogP contribution in [0.2, 0.25) is 0 Å².